The van der Waals surface area contributed by atoms with E-state index < -0.39 is 6.04 Å². The number of hydrogen-bond acceptors (Lipinski definition) is 3. The van der Waals surface area contributed by atoms with Gasteiger partial charge < -0.3 is 26.2 Å². The fraction of sp³-hybridized carbons (Fsp3) is 0.348. The van der Waals surface area contributed by atoms with Gasteiger partial charge in [-0.2, -0.15) is 0 Å². The van der Waals surface area contributed by atoms with E-state index in [0.717, 1.165) is 24.8 Å². The molecule has 1 unspecified atom stereocenters. The Morgan fingerprint density at radius 1 is 0.903 bits per heavy atom. The number of urea groups is 2. The minimum absolute atomic E-state index is 0.0696. The van der Waals surface area contributed by atoms with E-state index in [4.69, 9.17) is 0 Å². The molecule has 0 spiro atoms. The van der Waals surface area contributed by atoms with E-state index in [1.807, 2.05) is 31.2 Å². The van der Waals surface area contributed by atoms with Crippen molar-refractivity contribution in [3.63, 3.8) is 0 Å². The van der Waals surface area contributed by atoms with Gasteiger partial charge in [-0.1, -0.05) is 24.3 Å². The van der Waals surface area contributed by atoms with Gasteiger partial charge in [0, 0.05) is 29.6 Å². The number of carbonyl (C=O) groups excluding carboxylic acids is 3. The van der Waals surface area contributed by atoms with Crippen LogP contribution in [0.15, 0.2) is 48.5 Å². The van der Waals surface area contributed by atoms with Gasteiger partial charge in [-0.3, -0.25) is 4.79 Å². The zero-order chi connectivity index (χ0) is 21.8. The van der Waals surface area contributed by atoms with Gasteiger partial charge in [0.05, 0.1) is 0 Å². The van der Waals surface area contributed by atoms with Gasteiger partial charge in [0.25, 0.3) is 0 Å². The Bertz CT molecular complexity index is 974. The lowest BCUT2D eigenvalue weighted by Crippen LogP contribution is -2.48. The number of likely N-dealkylation sites (tertiary alicyclic amines) is 1. The maximum absolute atomic E-state index is 12.9. The molecule has 1 aliphatic carbocycles. The Labute approximate surface area is 181 Å². The van der Waals surface area contributed by atoms with Crippen LogP contribution in [-0.2, 0) is 4.79 Å². The van der Waals surface area contributed by atoms with Crippen molar-refractivity contribution in [3.05, 3.63) is 54.1 Å². The van der Waals surface area contributed by atoms with E-state index in [-0.39, 0.29) is 24.0 Å². The quantitative estimate of drug-likeness (QED) is 0.588. The van der Waals surface area contributed by atoms with Gasteiger partial charge in [-0.25, -0.2) is 9.59 Å². The standard InChI is InChI=1S/C23H27N5O3/c1-15-9-10-18(26-22(30)25-16-6-3-2-4-7-16)14-19(15)27-23(31)28-13-5-8-20(28)21(29)24-17-11-12-17/h2-4,6-7,9-10,14,17,20H,5,8,11-13H2,1H3,(H,24,29)(H,27,31)(H2,25,26,30). The fourth-order valence-corrected chi connectivity index (χ4v) is 3.64. The summed E-state index contributed by atoms with van der Waals surface area (Å²) in [7, 11) is 0. The monoisotopic (exact) mass is 421 g/mol. The molecule has 1 heterocycles. The van der Waals surface area contributed by atoms with E-state index >= 15 is 0 Å². The van der Waals surface area contributed by atoms with Crippen molar-refractivity contribution < 1.29 is 14.4 Å². The lowest BCUT2D eigenvalue weighted by molar-refractivity contribution is -0.124. The number of rotatable bonds is 5. The number of anilines is 3. The van der Waals surface area contributed by atoms with Crippen molar-refractivity contribution in [2.75, 3.05) is 22.5 Å². The van der Waals surface area contributed by atoms with Crippen molar-refractivity contribution in [1.29, 1.82) is 0 Å². The molecule has 4 N–H and O–H groups in total. The smallest absolute Gasteiger partial charge is 0.323 e. The fourth-order valence-electron chi connectivity index (χ4n) is 3.64. The van der Waals surface area contributed by atoms with Crippen LogP contribution in [0.2, 0.25) is 0 Å². The van der Waals surface area contributed by atoms with Crippen LogP contribution >= 0.6 is 0 Å². The number of hydrogen-bond donors (Lipinski definition) is 4. The zero-order valence-electron chi connectivity index (χ0n) is 17.5. The lowest BCUT2D eigenvalue weighted by atomic mass is 10.1. The largest absolute Gasteiger partial charge is 0.352 e. The van der Waals surface area contributed by atoms with Crippen molar-refractivity contribution in [2.45, 2.75) is 44.7 Å². The van der Waals surface area contributed by atoms with Gasteiger partial charge in [0.15, 0.2) is 0 Å². The first kappa shape index (κ1) is 20.7. The van der Waals surface area contributed by atoms with Gasteiger partial charge in [0.1, 0.15) is 6.04 Å². The van der Waals surface area contributed by atoms with E-state index in [2.05, 4.69) is 21.3 Å². The van der Waals surface area contributed by atoms with Crippen molar-refractivity contribution >= 4 is 35.0 Å². The van der Waals surface area contributed by atoms with Gasteiger partial charge in [0.2, 0.25) is 5.91 Å². The summed E-state index contributed by atoms with van der Waals surface area (Å²) in [5.74, 6) is -0.0696. The van der Waals surface area contributed by atoms with Crippen LogP contribution < -0.4 is 21.3 Å². The molecule has 1 saturated carbocycles. The third-order valence-corrected chi connectivity index (χ3v) is 5.51. The number of nitrogens with zero attached hydrogens (tertiary/aromatic N) is 1. The molecule has 0 aromatic heterocycles. The van der Waals surface area contributed by atoms with Gasteiger partial charge in [-0.15, -0.1) is 0 Å². The summed E-state index contributed by atoms with van der Waals surface area (Å²) in [6, 6.07) is 13.6. The first-order valence-corrected chi connectivity index (χ1v) is 10.6. The highest BCUT2D eigenvalue weighted by atomic mass is 16.2. The number of nitrogens with one attached hydrogen (secondary N) is 4. The van der Waals surface area contributed by atoms with Crippen molar-refractivity contribution in [3.8, 4) is 0 Å². The first-order valence-electron chi connectivity index (χ1n) is 10.6. The summed E-state index contributed by atoms with van der Waals surface area (Å²) in [5.41, 5.74) is 2.69. The van der Waals surface area contributed by atoms with E-state index in [1.54, 1.807) is 29.2 Å². The third kappa shape index (κ3) is 5.33. The second kappa shape index (κ2) is 9.07. The average Bonchev–Trinajstić information content (AvgIpc) is 3.42. The number of carbonyl (C=O) groups is 3. The van der Waals surface area contributed by atoms with E-state index in [1.165, 1.54) is 0 Å². The molecule has 5 amide bonds. The molecule has 2 aromatic carbocycles. The van der Waals surface area contributed by atoms with Crippen LogP contribution in [0.5, 0.6) is 0 Å². The van der Waals surface area contributed by atoms with Crippen molar-refractivity contribution in [1.82, 2.24) is 10.2 Å². The minimum atomic E-state index is -0.432. The Balaban J connectivity index is 1.39. The molecule has 0 radical (unpaired) electrons. The van der Waals surface area contributed by atoms with Gasteiger partial charge in [-0.05, 0) is 62.4 Å². The highest BCUT2D eigenvalue weighted by Gasteiger charge is 2.36. The molecule has 31 heavy (non-hydrogen) atoms. The van der Waals surface area contributed by atoms with Crippen LogP contribution in [0.4, 0.5) is 26.7 Å². The number of para-hydroxylation sites is 1. The minimum Gasteiger partial charge on any atom is -0.352 e. The predicted octanol–water partition coefficient (Wildman–Crippen LogP) is 3.91. The Kier molecular flexibility index (Phi) is 6.06. The van der Waals surface area contributed by atoms with Gasteiger partial charge >= 0.3 is 12.1 Å². The number of amides is 5. The highest BCUT2D eigenvalue weighted by Crippen LogP contribution is 2.25. The van der Waals surface area contributed by atoms with Crippen LogP contribution in [0.1, 0.15) is 31.2 Å². The predicted molar refractivity (Wildman–Crippen MR) is 120 cm³/mol. The SMILES string of the molecule is Cc1ccc(NC(=O)Nc2ccccc2)cc1NC(=O)N1CCCC1C(=O)NC1CC1. The summed E-state index contributed by atoms with van der Waals surface area (Å²) < 4.78 is 0. The zero-order valence-corrected chi connectivity index (χ0v) is 17.5. The molecule has 2 aliphatic rings. The second-order valence-corrected chi connectivity index (χ2v) is 8.04. The summed E-state index contributed by atoms with van der Waals surface area (Å²) >= 11 is 0. The molecule has 1 saturated heterocycles. The molecule has 0 bridgehead atoms. The van der Waals surface area contributed by atoms with E-state index in [0.29, 0.717) is 30.0 Å². The average molecular weight is 422 g/mol. The second-order valence-electron chi connectivity index (χ2n) is 8.04. The maximum Gasteiger partial charge on any atom is 0.323 e. The van der Waals surface area contributed by atoms with E-state index in [9.17, 15) is 14.4 Å². The Hall–Kier alpha value is -3.55. The molecule has 4 rings (SSSR count). The highest BCUT2D eigenvalue weighted by molar-refractivity contribution is 6.01. The summed E-state index contributed by atoms with van der Waals surface area (Å²) in [6.45, 7) is 2.43. The van der Waals surface area contributed by atoms with Crippen LogP contribution in [0, 0.1) is 6.92 Å². The summed E-state index contributed by atoms with van der Waals surface area (Å²) in [4.78, 5) is 39.2. The van der Waals surface area contributed by atoms with Crippen LogP contribution in [0.3, 0.4) is 0 Å². The molecule has 1 atom stereocenters. The molecular formula is C23H27N5O3. The molecule has 162 valence electrons. The normalized spacial score (nSPS) is 17.7. The third-order valence-electron chi connectivity index (χ3n) is 5.51. The number of benzene rings is 2. The topological polar surface area (TPSA) is 103 Å². The van der Waals surface area contributed by atoms with Crippen LogP contribution in [0.25, 0.3) is 0 Å². The van der Waals surface area contributed by atoms with Crippen LogP contribution in [-0.4, -0.2) is 41.5 Å². The summed E-state index contributed by atoms with van der Waals surface area (Å²) in [6.07, 6.45) is 3.51. The molecule has 8 nitrogen and oxygen atoms in total. The molecule has 8 heteroatoms. The molecule has 2 aromatic rings. The maximum atomic E-state index is 12.9. The molecule has 2 fully saturated rings. The van der Waals surface area contributed by atoms with Crippen molar-refractivity contribution in [2.24, 2.45) is 0 Å². The number of aryl methyl sites for hydroxylation is 1. The molecular weight excluding hydrogens is 394 g/mol. The lowest BCUT2D eigenvalue weighted by Gasteiger charge is -2.25. The summed E-state index contributed by atoms with van der Waals surface area (Å²) in [5, 5.41) is 11.4. The Morgan fingerprint density at radius 2 is 1.65 bits per heavy atom. The Morgan fingerprint density at radius 3 is 2.39 bits per heavy atom. The molecule has 1 aliphatic heterocycles. The first-order chi connectivity index (χ1) is 15.0.